The van der Waals surface area contributed by atoms with Gasteiger partial charge in [0.1, 0.15) is 0 Å². The predicted molar refractivity (Wildman–Crippen MR) is 71.8 cm³/mol. The quantitative estimate of drug-likeness (QED) is 0.555. The Kier molecular flexibility index (Phi) is 4.55. The summed E-state index contributed by atoms with van der Waals surface area (Å²) in [6.07, 6.45) is 6.14. The van der Waals surface area contributed by atoms with E-state index in [9.17, 15) is 5.11 Å². The standard InChI is InChI=1S/C13H21N3O2/c1-13(2,17)5-4-9(14)6-10-7-11(15)12(18-3)8-16-10/h6-8,14,16-17H,4-5,15H2,1-3H3/b10-6-,14-9?. The minimum absolute atomic E-state index is 0.443. The lowest BCUT2D eigenvalue weighted by Gasteiger charge is -2.17. The number of rotatable bonds is 5. The molecule has 1 heterocycles. The Morgan fingerprint density at radius 1 is 1.61 bits per heavy atom. The lowest BCUT2D eigenvalue weighted by molar-refractivity contribution is 0.0733. The normalized spacial score (nSPS) is 17.9. The predicted octanol–water partition coefficient (Wildman–Crippen LogP) is 1.37. The van der Waals surface area contributed by atoms with Crippen molar-refractivity contribution in [3.63, 3.8) is 0 Å². The van der Waals surface area contributed by atoms with Crippen molar-refractivity contribution >= 4 is 5.71 Å². The molecule has 0 aromatic heterocycles. The second-order valence-electron chi connectivity index (χ2n) is 4.89. The number of nitrogens with one attached hydrogen (secondary N) is 2. The fourth-order valence-corrected chi connectivity index (χ4v) is 1.47. The molecule has 0 unspecified atom stereocenters. The maximum absolute atomic E-state index is 9.59. The van der Waals surface area contributed by atoms with Crippen LogP contribution in [0.15, 0.2) is 35.5 Å². The van der Waals surface area contributed by atoms with Crippen LogP contribution in [0.5, 0.6) is 0 Å². The Bertz CT molecular complexity index is 414. The van der Waals surface area contributed by atoms with Crippen molar-refractivity contribution in [1.82, 2.24) is 5.32 Å². The summed E-state index contributed by atoms with van der Waals surface area (Å²) >= 11 is 0. The molecule has 1 aliphatic heterocycles. The first-order valence-electron chi connectivity index (χ1n) is 5.81. The first-order valence-corrected chi connectivity index (χ1v) is 5.81. The molecule has 0 saturated carbocycles. The molecule has 0 radical (unpaired) electrons. The molecule has 0 aromatic rings. The lowest BCUT2D eigenvalue weighted by atomic mass is 10.0. The van der Waals surface area contributed by atoms with E-state index in [-0.39, 0.29) is 0 Å². The third kappa shape index (κ3) is 4.63. The molecule has 0 spiro atoms. The summed E-state index contributed by atoms with van der Waals surface area (Å²) in [7, 11) is 1.55. The molecule has 0 atom stereocenters. The topological polar surface area (TPSA) is 91.4 Å². The van der Waals surface area contributed by atoms with Gasteiger partial charge in [0.15, 0.2) is 5.76 Å². The maximum Gasteiger partial charge on any atom is 0.157 e. The molecule has 0 aromatic carbocycles. The highest BCUT2D eigenvalue weighted by molar-refractivity contribution is 5.93. The van der Waals surface area contributed by atoms with Crippen molar-refractivity contribution in [3.05, 3.63) is 35.5 Å². The molecule has 5 nitrogen and oxygen atoms in total. The Morgan fingerprint density at radius 2 is 2.28 bits per heavy atom. The summed E-state index contributed by atoms with van der Waals surface area (Å²) in [4.78, 5) is 0. The number of hydrogen-bond donors (Lipinski definition) is 4. The first kappa shape index (κ1) is 14.3. The van der Waals surface area contributed by atoms with Crippen LogP contribution in [-0.2, 0) is 4.74 Å². The van der Waals surface area contributed by atoms with Crippen LogP contribution in [0.2, 0.25) is 0 Å². The van der Waals surface area contributed by atoms with E-state index < -0.39 is 5.60 Å². The SMILES string of the molecule is COC1=CN/C(=C\C(=N)CCC(C)(C)O)C=C1N. The molecule has 5 heteroatoms. The fraction of sp³-hybridized carbons (Fsp3) is 0.462. The number of allylic oxidation sites excluding steroid dienone is 2. The number of nitrogens with two attached hydrogens (primary N) is 1. The highest BCUT2D eigenvalue weighted by atomic mass is 16.5. The molecule has 18 heavy (non-hydrogen) atoms. The van der Waals surface area contributed by atoms with E-state index >= 15 is 0 Å². The van der Waals surface area contributed by atoms with E-state index in [1.165, 1.54) is 0 Å². The van der Waals surface area contributed by atoms with Crippen molar-refractivity contribution in [2.75, 3.05) is 7.11 Å². The zero-order chi connectivity index (χ0) is 13.8. The van der Waals surface area contributed by atoms with E-state index in [0.29, 0.717) is 30.0 Å². The minimum atomic E-state index is -0.747. The Morgan fingerprint density at radius 3 is 2.78 bits per heavy atom. The molecular formula is C13H21N3O2. The zero-order valence-electron chi connectivity index (χ0n) is 11.1. The molecule has 5 N–H and O–H groups in total. The van der Waals surface area contributed by atoms with Crippen molar-refractivity contribution in [3.8, 4) is 0 Å². The van der Waals surface area contributed by atoms with Gasteiger partial charge in [-0.1, -0.05) is 0 Å². The van der Waals surface area contributed by atoms with Crippen molar-refractivity contribution in [2.24, 2.45) is 5.73 Å². The van der Waals surface area contributed by atoms with Crippen LogP contribution in [0.25, 0.3) is 0 Å². The molecule has 0 fully saturated rings. The Balaban J connectivity index is 2.59. The number of methoxy groups -OCH3 is 1. The second-order valence-corrected chi connectivity index (χ2v) is 4.89. The van der Waals surface area contributed by atoms with Gasteiger partial charge < -0.3 is 26.3 Å². The molecule has 1 aliphatic rings. The monoisotopic (exact) mass is 251 g/mol. The van der Waals surface area contributed by atoms with E-state index in [1.807, 2.05) is 0 Å². The van der Waals surface area contributed by atoms with Gasteiger partial charge in [-0.15, -0.1) is 0 Å². The minimum Gasteiger partial charge on any atom is -0.493 e. The number of dihydropyridines is 1. The summed E-state index contributed by atoms with van der Waals surface area (Å²) in [5, 5.41) is 20.4. The summed E-state index contributed by atoms with van der Waals surface area (Å²) in [5.74, 6) is 0.579. The fourth-order valence-electron chi connectivity index (χ4n) is 1.47. The highest BCUT2D eigenvalue weighted by Crippen LogP contribution is 2.14. The zero-order valence-corrected chi connectivity index (χ0v) is 11.1. The Hall–Kier alpha value is -1.75. The van der Waals surface area contributed by atoms with E-state index in [2.05, 4.69) is 5.32 Å². The van der Waals surface area contributed by atoms with Crippen LogP contribution in [0.4, 0.5) is 0 Å². The lowest BCUT2D eigenvalue weighted by Crippen LogP contribution is -2.20. The van der Waals surface area contributed by atoms with Gasteiger partial charge in [0.05, 0.1) is 18.4 Å². The molecule has 0 amide bonds. The van der Waals surface area contributed by atoms with Crippen molar-refractivity contribution in [1.29, 1.82) is 5.41 Å². The summed E-state index contributed by atoms with van der Waals surface area (Å²) in [5.41, 5.74) is 6.74. The number of ether oxygens (including phenoxy) is 1. The smallest absolute Gasteiger partial charge is 0.157 e. The molecule has 0 aliphatic carbocycles. The van der Waals surface area contributed by atoms with Crippen molar-refractivity contribution in [2.45, 2.75) is 32.3 Å². The van der Waals surface area contributed by atoms with Gasteiger partial charge in [-0.05, 0) is 38.8 Å². The van der Waals surface area contributed by atoms with Crippen LogP contribution >= 0.6 is 0 Å². The van der Waals surface area contributed by atoms with Gasteiger partial charge >= 0.3 is 0 Å². The molecule has 1 rings (SSSR count). The average Bonchev–Trinajstić information content (AvgIpc) is 2.26. The van der Waals surface area contributed by atoms with Gasteiger partial charge in [-0.3, -0.25) is 0 Å². The summed E-state index contributed by atoms with van der Waals surface area (Å²) in [6, 6.07) is 0. The van der Waals surface area contributed by atoms with Gasteiger partial charge in [-0.2, -0.15) is 0 Å². The van der Waals surface area contributed by atoms with Crippen LogP contribution in [0.1, 0.15) is 26.7 Å². The number of hydrogen-bond acceptors (Lipinski definition) is 5. The first-order chi connectivity index (χ1) is 8.31. The van der Waals surface area contributed by atoms with Crippen LogP contribution in [-0.4, -0.2) is 23.5 Å². The highest BCUT2D eigenvalue weighted by Gasteiger charge is 2.13. The third-order valence-electron chi connectivity index (χ3n) is 2.52. The largest absolute Gasteiger partial charge is 0.493 e. The molecule has 100 valence electrons. The Labute approximate surface area is 108 Å². The van der Waals surface area contributed by atoms with Crippen LogP contribution in [0.3, 0.4) is 0 Å². The molecular weight excluding hydrogens is 230 g/mol. The van der Waals surface area contributed by atoms with Gasteiger partial charge in [0.25, 0.3) is 0 Å². The van der Waals surface area contributed by atoms with E-state index in [4.69, 9.17) is 15.9 Å². The molecule has 0 saturated heterocycles. The summed E-state index contributed by atoms with van der Waals surface area (Å²) in [6.45, 7) is 3.47. The van der Waals surface area contributed by atoms with Gasteiger partial charge in [-0.25, -0.2) is 0 Å². The van der Waals surface area contributed by atoms with Gasteiger partial charge in [0, 0.05) is 17.6 Å². The van der Waals surface area contributed by atoms with Crippen LogP contribution in [0, 0.1) is 5.41 Å². The number of aliphatic hydroxyl groups is 1. The second kappa shape index (κ2) is 5.73. The average molecular weight is 251 g/mol. The summed E-state index contributed by atoms with van der Waals surface area (Å²) < 4.78 is 5.04. The van der Waals surface area contributed by atoms with Gasteiger partial charge in [0.2, 0.25) is 0 Å². The van der Waals surface area contributed by atoms with Crippen molar-refractivity contribution < 1.29 is 9.84 Å². The molecule has 0 bridgehead atoms. The van der Waals surface area contributed by atoms with E-state index in [1.54, 1.807) is 39.3 Å². The van der Waals surface area contributed by atoms with Crippen LogP contribution < -0.4 is 11.1 Å². The van der Waals surface area contributed by atoms with E-state index in [0.717, 1.165) is 5.70 Å². The third-order valence-corrected chi connectivity index (χ3v) is 2.52. The maximum atomic E-state index is 9.59.